The molecule has 1 atom stereocenters. The summed E-state index contributed by atoms with van der Waals surface area (Å²) in [5, 5.41) is 13.7. The third-order valence-corrected chi connectivity index (χ3v) is 6.29. The zero-order chi connectivity index (χ0) is 26.1. The molecule has 1 aromatic heterocycles. The summed E-state index contributed by atoms with van der Waals surface area (Å²) >= 11 is 11.9. The number of aryl methyl sites for hydroxylation is 2. The van der Waals surface area contributed by atoms with E-state index in [9.17, 15) is 18.4 Å². The second-order valence-electron chi connectivity index (χ2n) is 8.37. The minimum atomic E-state index is -4.79. The average molecular weight is 537 g/mol. The molecule has 3 aromatic rings. The Morgan fingerprint density at radius 1 is 1.11 bits per heavy atom. The molecule has 2 N–H and O–H groups in total. The van der Waals surface area contributed by atoms with Crippen molar-refractivity contribution in [3.8, 4) is 0 Å². The number of aliphatic imine (C=N–C) groups is 1. The molecule has 6 nitrogen and oxygen atoms in total. The largest absolute Gasteiger partial charge is 0.435 e. The number of alkyl halides is 3. The average Bonchev–Trinajstić information content (AvgIpc) is 3.28. The Kier molecular flexibility index (Phi) is 7.26. The molecule has 0 fully saturated rings. The molecule has 1 aliphatic rings. The highest BCUT2D eigenvalue weighted by Gasteiger charge is 2.62. The van der Waals surface area contributed by atoms with Gasteiger partial charge in [0.2, 0.25) is 0 Å². The van der Waals surface area contributed by atoms with Gasteiger partial charge in [0.05, 0.1) is 18.0 Å². The molecule has 0 radical (unpaired) electrons. The Balaban J connectivity index is 1.67. The van der Waals surface area contributed by atoms with Gasteiger partial charge in [0.15, 0.2) is 5.84 Å². The monoisotopic (exact) mass is 536 g/mol. The lowest BCUT2D eigenvalue weighted by molar-refractivity contribution is -0.275. The summed E-state index contributed by atoms with van der Waals surface area (Å²) in [7, 11) is 0. The van der Waals surface area contributed by atoms with E-state index < -0.39 is 18.2 Å². The van der Waals surface area contributed by atoms with Crippen LogP contribution in [0.4, 0.5) is 13.2 Å². The van der Waals surface area contributed by atoms with Crippen LogP contribution >= 0.6 is 23.2 Å². The first-order chi connectivity index (χ1) is 17.0. The number of hydrogen-bond donors (Lipinski definition) is 2. The third-order valence-electron chi connectivity index (χ3n) is 5.85. The normalized spacial score (nSPS) is 18.1. The predicted molar refractivity (Wildman–Crippen MR) is 132 cm³/mol. The van der Waals surface area contributed by atoms with Crippen molar-refractivity contribution in [1.82, 2.24) is 10.5 Å². The molecular formula is C25H21Cl2F3N4O2. The van der Waals surface area contributed by atoms with Crippen molar-refractivity contribution >= 4 is 34.7 Å². The number of nitrogens with one attached hydrogen (secondary N) is 1. The van der Waals surface area contributed by atoms with Gasteiger partial charge in [0, 0.05) is 39.4 Å². The summed E-state index contributed by atoms with van der Waals surface area (Å²) in [4.78, 5) is 13.7. The van der Waals surface area contributed by atoms with Crippen LogP contribution in [0.5, 0.6) is 0 Å². The van der Waals surface area contributed by atoms with Crippen LogP contribution in [0.25, 0.3) is 0 Å². The molecule has 4 rings (SSSR count). The third kappa shape index (κ3) is 5.04. The molecule has 188 valence electrons. The number of nitrogens with zero attached hydrogens (tertiary/aromatic N) is 3. The van der Waals surface area contributed by atoms with Gasteiger partial charge >= 0.3 is 6.18 Å². The lowest BCUT2D eigenvalue weighted by atomic mass is 9.85. The fourth-order valence-corrected chi connectivity index (χ4v) is 4.70. The Labute approximate surface area is 215 Å². The molecular weight excluding hydrogens is 516 g/mol. The van der Waals surface area contributed by atoms with Crippen LogP contribution in [0, 0.1) is 13.8 Å². The topological polar surface area (TPSA) is 79.1 Å². The van der Waals surface area contributed by atoms with E-state index in [2.05, 4.69) is 20.6 Å². The lowest BCUT2D eigenvalue weighted by Crippen LogP contribution is -2.42. The smallest absolute Gasteiger partial charge is 0.374 e. The second kappa shape index (κ2) is 10.1. The Morgan fingerprint density at radius 3 is 2.33 bits per heavy atom. The van der Waals surface area contributed by atoms with E-state index in [1.54, 1.807) is 44.3 Å². The molecule has 0 saturated carbocycles. The fraction of sp³-hybridized carbons (Fsp3) is 0.240. The fourth-order valence-electron chi connectivity index (χ4n) is 4.17. The summed E-state index contributed by atoms with van der Waals surface area (Å²) in [5.74, 6) is 0.213. The molecule has 0 bridgehead atoms. The van der Waals surface area contributed by atoms with Gasteiger partial charge < -0.3 is 4.84 Å². The molecule has 1 unspecified atom stereocenters. The molecule has 0 saturated heterocycles. The van der Waals surface area contributed by atoms with Crippen LogP contribution in [0.15, 0.2) is 64.9 Å². The summed E-state index contributed by atoms with van der Waals surface area (Å²) in [6.07, 6.45) is -3.71. The van der Waals surface area contributed by atoms with Gasteiger partial charge in [-0.2, -0.15) is 13.2 Å². The number of halogens is 5. The number of hydroxylamine groups is 1. The summed E-state index contributed by atoms with van der Waals surface area (Å²) in [6, 6.07) is 12.5. The van der Waals surface area contributed by atoms with Crippen LogP contribution in [0.1, 0.15) is 39.9 Å². The SMILES string of the molecule is Cc1cc(C2=NOC(c3cc(Cl)cc(Cl)c3)(C(F)(F)F)C2)cc(C)c1C(=NCc1ccccn1)NO. The van der Waals surface area contributed by atoms with Gasteiger partial charge in [-0.15, -0.1) is 0 Å². The van der Waals surface area contributed by atoms with E-state index in [-0.39, 0.29) is 33.7 Å². The van der Waals surface area contributed by atoms with E-state index >= 15 is 0 Å². The Bertz CT molecular complexity index is 1300. The highest BCUT2D eigenvalue weighted by Crippen LogP contribution is 2.49. The molecule has 11 heteroatoms. The number of hydrogen-bond acceptors (Lipinski definition) is 5. The number of aromatic nitrogens is 1. The number of benzene rings is 2. The van der Waals surface area contributed by atoms with Crippen molar-refractivity contribution < 1.29 is 23.2 Å². The number of rotatable bonds is 5. The maximum Gasteiger partial charge on any atom is 0.435 e. The van der Waals surface area contributed by atoms with Crippen LogP contribution in [-0.2, 0) is 17.0 Å². The van der Waals surface area contributed by atoms with E-state index in [1.807, 2.05) is 6.07 Å². The molecule has 2 aromatic carbocycles. The summed E-state index contributed by atoms with van der Waals surface area (Å²) < 4.78 is 42.9. The van der Waals surface area contributed by atoms with Crippen molar-refractivity contribution in [3.63, 3.8) is 0 Å². The highest BCUT2D eigenvalue weighted by atomic mass is 35.5. The lowest BCUT2D eigenvalue weighted by Gasteiger charge is -2.29. The maximum absolute atomic E-state index is 14.3. The standard InChI is InChI=1S/C25H21Cl2F3N4O2/c1-14-7-16(8-15(2)22(14)23(33-35)32-13-20-5-3-4-6-31-20)21-12-24(36-34-21,25(28,29)30)17-9-18(26)11-19(27)10-17/h3-11,35H,12-13H2,1-2H3,(H,32,33). The van der Waals surface area contributed by atoms with Crippen molar-refractivity contribution in [2.75, 3.05) is 0 Å². The quantitative estimate of drug-likeness (QED) is 0.221. The van der Waals surface area contributed by atoms with E-state index in [4.69, 9.17) is 28.0 Å². The molecule has 0 spiro atoms. The molecule has 0 amide bonds. The highest BCUT2D eigenvalue weighted by molar-refractivity contribution is 6.34. The molecule has 0 aliphatic carbocycles. The maximum atomic E-state index is 14.3. The number of amidine groups is 1. The first-order valence-corrected chi connectivity index (χ1v) is 11.5. The Morgan fingerprint density at radius 2 is 1.78 bits per heavy atom. The van der Waals surface area contributed by atoms with Crippen LogP contribution in [0.3, 0.4) is 0 Å². The number of pyridine rings is 1. The predicted octanol–water partition coefficient (Wildman–Crippen LogP) is 6.51. The van der Waals surface area contributed by atoms with Crippen LogP contribution in [0.2, 0.25) is 10.0 Å². The van der Waals surface area contributed by atoms with Crippen LogP contribution < -0.4 is 5.48 Å². The van der Waals surface area contributed by atoms with Gasteiger partial charge in [0.25, 0.3) is 5.60 Å². The van der Waals surface area contributed by atoms with Gasteiger partial charge in [-0.25, -0.2) is 0 Å². The van der Waals surface area contributed by atoms with Crippen molar-refractivity contribution in [2.45, 2.75) is 38.6 Å². The first kappa shape index (κ1) is 25.9. The van der Waals surface area contributed by atoms with E-state index in [1.165, 1.54) is 18.2 Å². The minimum Gasteiger partial charge on any atom is -0.374 e. The Hall–Kier alpha value is -3.14. The van der Waals surface area contributed by atoms with Crippen molar-refractivity contribution in [1.29, 1.82) is 0 Å². The zero-order valence-corrected chi connectivity index (χ0v) is 20.7. The summed E-state index contributed by atoms with van der Waals surface area (Å²) in [5.41, 5.74) is 2.39. The van der Waals surface area contributed by atoms with Crippen molar-refractivity contribution in [2.24, 2.45) is 10.1 Å². The van der Waals surface area contributed by atoms with Gasteiger partial charge in [-0.05, 0) is 67.4 Å². The van der Waals surface area contributed by atoms with E-state index in [0.717, 1.165) is 0 Å². The van der Waals surface area contributed by atoms with Gasteiger partial charge in [-0.3, -0.25) is 20.7 Å². The van der Waals surface area contributed by atoms with Crippen LogP contribution in [-0.4, -0.2) is 27.9 Å². The summed E-state index contributed by atoms with van der Waals surface area (Å²) in [6.45, 7) is 3.76. The second-order valence-corrected chi connectivity index (χ2v) is 9.24. The van der Waals surface area contributed by atoms with Crippen molar-refractivity contribution in [3.05, 3.63) is 98.3 Å². The molecule has 1 aliphatic heterocycles. The zero-order valence-electron chi connectivity index (χ0n) is 19.2. The van der Waals surface area contributed by atoms with E-state index in [0.29, 0.717) is 27.9 Å². The molecule has 2 heterocycles. The van der Waals surface area contributed by atoms with Gasteiger partial charge in [0.1, 0.15) is 0 Å². The number of oxime groups is 1. The minimum absolute atomic E-state index is 0.0586. The first-order valence-electron chi connectivity index (χ1n) is 10.8. The van der Waals surface area contributed by atoms with Gasteiger partial charge in [-0.1, -0.05) is 34.4 Å². The molecule has 36 heavy (non-hydrogen) atoms.